The topological polar surface area (TPSA) is 63.7 Å². The molecule has 0 N–H and O–H groups in total. The lowest BCUT2D eigenvalue weighted by Crippen LogP contribution is -2.33. The second kappa shape index (κ2) is 11.6. The molecule has 0 heterocycles. The lowest BCUT2D eigenvalue weighted by Gasteiger charge is -2.25. The Morgan fingerprint density at radius 1 is 0.917 bits per heavy atom. The molecule has 0 unspecified atom stereocenters. The van der Waals surface area contributed by atoms with Crippen molar-refractivity contribution in [3.63, 3.8) is 0 Å². The zero-order valence-corrected chi connectivity index (χ0v) is 20.9. The van der Waals surface area contributed by atoms with E-state index in [9.17, 15) is 26.4 Å². The lowest BCUT2D eigenvalue weighted by atomic mass is 10.1. The van der Waals surface area contributed by atoms with Crippen LogP contribution in [-0.4, -0.2) is 25.8 Å². The summed E-state index contributed by atoms with van der Waals surface area (Å²) < 4.78 is 68.9. The summed E-state index contributed by atoms with van der Waals surface area (Å²) in [5, 5.41) is 0. The first-order valence-electron chi connectivity index (χ1n) is 11.5. The number of alkyl halides is 3. The second-order valence-corrected chi connectivity index (χ2v) is 10.4. The van der Waals surface area contributed by atoms with E-state index in [1.54, 1.807) is 17.0 Å². The first-order valence-corrected chi connectivity index (χ1v) is 12.9. The predicted molar refractivity (Wildman–Crippen MR) is 131 cm³/mol. The molecule has 9 heteroatoms. The quantitative estimate of drug-likeness (QED) is 0.304. The molecule has 36 heavy (non-hydrogen) atoms. The van der Waals surface area contributed by atoms with Crippen LogP contribution in [-0.2, 0) is 34.1 Å². The van der Waals surface area contributed by atoms with Crippen molar-refractivity contribution in [3.05, 3.63) is 95.6 Å². The number of hydrogen-bond donors (Lipinski definition) is 0. The van der Waals surface area contributed by atoms with Gasteiger partial charge in [0.1, 0.15) is 10.6 Å². The standard InChI is InChI=1S/C27H28F3NO4S/c1-20(2)18-31(26(32)16-13-21-7-4-3-5-8-21)19-22-11-14-24(15-12-22)35-36(33,34)25-10-6-9-23(17-25)27(28,29)30/h3-12,14-15,17,20H,13,16,18-19H2,1-2H3. The van der Waals surface area contributed by atoms with Gasteiger partial charge in [0.05, 0.1) is 5.56 Å². The maximum Gasteiger partial charge on any atom is 0.416 e. The highest BCUT2D eigenvalue weighted by Gasteiger charge is 2.32. The third-order valence-electron chi connectivity index (χ3n) is 5.36. The van der Waals surface area contributed by atoms with E-state index in [-0.39, 0.29) is 17.6 Å². The molecular formula is C27H28F3NO4S. The van der Waals surface area contributed by atoms with Crippen LogP contribution in [0, 0.1) is 5.92 Å². The minimum atomic E-state index is -4.67. The Labute approximate surface area is 209 Å². The number of aryl methyl sites for hydroxylation is 1. The molecule has 0 saturated heterocycles. The Kier molecular flexibility index (Phi) is 8.79. The van der Waals surface area contributed by atoms with E-state index >= 15 is 0 Å². The van der Waals surface area contributed by atoms with Crippen molar-refractivity contribution in [1.29, 1.82) is 0 Å². The number of halogens is 3. The van der Waals surface area contributed by atoms with Crippen molar-refractivity contribution < 1.29 is 30.6 Å². The SMILES string of the molecule is CC(C)CN(Cc1ccc(OS(=O)(=O)c2cccc(C(F)(F)F)c2)cc1)C(=O)CCc1ccccc1. The molecule has 0 aliphatic carbocycles. The Bertz CT molecular complexity index is 1260. The average Bonchev–Trinajstić information content (AvgIpc) is 2.83. The summed E-state index contributed by atoms with van der Waals surface area (Å²) in [6.07, 6.45) is -3.67. The smallest absolute Gasteiger partial charge is 0.379 e. The zero-order valence-electron chi connectivity index (χ0n) is 20.0. The van der Waals surface area contributed by atoms with Gasteiger partial charge in [0.15, 0.2) is 0 Å². The molecule has 0 bridgehead atoms. The van der Waals surface area contributed by atoms with E-state index in [4.69, 9.17) is 4.18 Å². The van der Waals surface area contributed by atoms with Gasteiger partial charge >= 0.3 is 16.3 Å². The number of benzene rings is 3. The van der Waals surface area contributed by atoms with Crippen LogP contribution in [0.5, 0.6) is 5.75 Å². The van der Waals surface area contributed by atoms with E-state index in [2.05, 4.69) is 0 Å². The summed E-state index contributed by atoms with van der Waals surface area (Å²) >= 11 is 0. The van der Waals surface area contributed by atoms with Crippen molar-refractivity contribution in [2.45, 2.75) is 44.3 Å². The van der Waals surface area contributed by atoms with Gasteiger partial charge in [-0.05, 0) is 53.8 Å². The van der Waals surface area contributed by atoms with E-state index in [1.165, 1.54) is 12.1 Å². The molecule has 0 spiro atoms. The molecule has 3 rings (SSSR count). The number of amides is 1. The molecule has 192 valence electrons. The van der Waals surface area contributed by atoms with E-state index < -0.39 is 26.8 Å². The lowest BCUT2D eigenvalue weighted by molar-refractivity contribution is -0.137. The third kappa shape index (κ3) is 7.84. The monoisotopic (exact) mass is 519 g/mol. The molecule has 5 nitrogen and oxygen atoms in total. The van der Waals surface area contributed by atoms with E-state index in [0.29, 0.717) is 32.0 Å². The fourth-order valence-corrected chi connectivity index (χ4v) is 4.60. The van der Waals surface area contributed by atoms with Crippen molar-refractivity contribution in [2.24, 2.45) is 5.92 Å². The zero-order chi connectivity index (χ0) is 26.3. The number of nitrogens with zero attached hydrogens (tertiary/aromatic N) is 1. The minimum Gasteiger partial charge on any atom is -0.379 e. The first kappa shape index (κ1) is 27.3. The number of carbonyl (C=O) groups is 1. The summed E-state index contributed by atoms with van der Waals surface area (Å²) in [6, 6.07) is 19.2. The van der Waals surface area contributed by atoms with Crippen molar-refractivity contribution in [1.82, 2.24) is 4.90 Å². The van der Waals surface area contributed by atoms with Gasteiger partial charge in [-0.2, -0.15) is 21.6 Å². The van der Waals surface area contributed by atoms with Gasteiger partial charge < -0.3 is 9.08 Å². The molecular weight excluding hydrogens is 491 g/mol. The predicted octanol–water partition coefficient (Wildman–Crippen LogP) is 6.09. The number of carbonyl (C=O) groups excluding carboxylic acids is 1. The van der Waals surface area contributed by atoms with Crippen LogP contribution in [0.1, 0.15) is 37.0 Å². The van der Waals surface area contributed by atoms with Crippen LogP contribution >= 0.6 is 0 Å². The van der Waals surface area contributed by atoms with Crippen molar-refractivity contribution in [2.75, 3.05) is 6.54 Å². The van der Waals surface area contributed by atoms with Gasteiger partial charge in [0, 0.05) is 19.5 Å². The summed E-state index contributed by atoms with van der Waals surface area (Å²) in [7, 11) is -4.46. The molecule has 0 fully saturated rings. The molecule has 3 aromatic carbocycles. The largest absolute Gasteiger partial charge is 0.416 e. The normalized spacial score (nSPS) is 11.9. The molecule has 0 saturated carbocycles. The molecule has 0 radical (unpaired) electrons. The average molecular weight is 520 g/mol. The Hall–Kier alpha value is -3.33. The van der Waals surface area contributed by atoms with Crippen molar-refractivity contribution >= 4 is 16.0 Å². The maximum atomic E-state index is 12.9. The van der Waals surface area contributed by atoms with E-state index in [0.717, 1.165) is 29.3 Å². The third-order valence-corrected chi connectivity index (χ3v) is 6.60. The highest BCUT2D eigenvalue weighted by Crippen LogP contribution is 2.31. The van der Waals surface area contributed by atoms with Gasteiger partial charge in [-0.1, -0.05) is 62.4 Å². The molecule has 1 amide bonds. The fourth-order valence-electron chi connectivity index (χ4n) is 3.62. The first-order chi connectivity index (χ1) is 16.9. The van der Waals surface area contributed by atoms with Crippen LogP contribution in [0.15, 0.2) is 83.8 Å². The van der Waals surface area contributed by atoms with Gasteiger partial charge in [0.25, 0.3) is 0 Å². The van der Waals surface area contributed by atoms with Gasteiger partial charge in [-0.3, -0.25) is 4.79 Å². The summed E-state index contributed by atoms with van der Waals surface area (Å²) in [5.74, 6) is 0.230. The highest BCUT2D eigenvalue weighted by molar-refractivity contribution is 7.87. The Morgan fingerprint density at radius 3 is 2.19 bits per heavy atom. The number of rotatable bonds is 10. The Balaban J connectivity index is 1.67. The van der Waals surface area contributed by atoms with Gasteiger partial charge in [-0.25, -0.2) is 0 Å². The molecule has 3 aromatic rings. The summed E-state index contributed by atoms with van der Waals surface area (Å²) in [4.78, 5) is 14.1. The van der Waals surface area contributed by atoms with Crippen LogP contribution < -0.4 is 4.18 Å². The highest BCUT2D eigenvalue weighted by atomic mass is 32.2. The molecule has 0 atom stereocenters. The molecule has 0 aliphatic rings. The summed E-state index contributed by atoms with van der Waals surface area (Å²) in [6.45, 7) is 4.95. The van der Waals surface area contributed by atoms with Gasteiger partial charge in [-0.15, -0.1) is 0 Å². The van der Waals surface area contributed by atoms with Crippen LogP contribution in [0.4, 0.5) is 13.2 Å². The van der Waals surface area contributed by atoms with Crippen LogP contribution in [0.25, 0.3) is 0 Å². The van der Waals surface area contributed by atoms with Crippen LogP contribution in [0.2, 0.25) is 0 Å². The van der Waals surface area contributed by atoms with Crippen molar-refractivity contribution in [3.8, 4) is 5.75 Å². The maximum absolute atomic E-state index is 12.9. The molecule has 0 aromatic heterocycles. The van der Waals surface area contributed by atoms with E-state index in [1.807, 2.05) is 44.2 Å². The Morgan fingerprint density at radius 2 is 1.58 bits per heavy atom. The molecule has 0 aliphatic heterocycles. The van der Waals surface area contributed by atoms with Crippen LogP contribution in [0.3, 0.4) is 0 Å². The van der Waals surface area contributed by atoms with Gasteiger partial charge in [0.2, 0.25) is 5.91 Å². The summed E-state index contributed by atoms with van der Waals surface area (Å²) in [5.41, 5.74) is 0.774. The fraction of sp³-hybridized carbons (Fsp3) is 0.296. The number of hydrogen-bond acceptors (Lipinski definition) is 4. The second-order valence-electron chi connectivity index (χ2n) is 8.86. The minimum absolute atomic E-state index is 0.0139.